The zero-order chi connectivity index (χ0) is 16.6. The van der Waals surface area contributed by atoms with Crippen molar-refractivity contribution in [3.63, 3.8) is 0 Å². The first-order chi connectivity index (χ1) is 10.9. The summed E-state index contributed by atoms with van der Waals surface area (Å²) >= 11 is 0. The van der Waals surface area contributed by atoms with E-state index in [1.165, 1.54) is 19.5 Å². The highest BCUT2D eigenvalue weighted by atomic mass is 16.2. The SMILES string of the molecule is Cc1nc(C(C)C)ncc1C(=O)N1CCC2(CCN(C)C2)CC1. The first-order valence-electron chi connectivity index (χ1n) is 8.72. The number of aryl methyl sites for hydroxylation is 1. The Labute approximate surface area is 139 Å². The van der Waals surface area contributed by atoms with Gasteiger partial charge >= 0.3 is 0 Å². The van der Waals surface area contributed by atoms with Crippen LogP contribution in [0.15, 0.2) is 6.20 Å². The maximum absolute atomic E-state index is 12.8. The van der Waals surface area contributed by atoms with Crippen molar-refractivity contribution in [3.8, 4) is 0 Å². The van der Waals surface area contributed by atoms with Crippen molar-refractivity contribution in [3.05, 3.63) is 23.3 Å². The van der Waals surface area contributed by atoms with Gasteiger partial charge in [0, 0.05) is 31.7 Å². The summed E-state index contributed by atoms with van der Waals surface area (Å²) in [4.78, 5) is 26.1. The molecule has 1 spiro atoms. The van der Waals surface area contributed by atoms with Gasteiger partial charge in [-0.3, -0.25) is 4.79 Å². The van der Waals surface area contributed by atoms with Crippen LogP contribution < -0.4 is 0 Å². The molecule has 3 rings (SSSR count). The highest BCUT2D eigenvalue weighted by molar-refractivity contribution is 5.95. The van der Waals surface area contributed by atoms with E-state index in [1.807, 2.05) is 11.8 Å². The zero-order valence-electron chi connectivity index (χ0n) is 14.8. The summed E-state index contributed by atoms with van der Waals surface area (Å²) in [5, 5.41) is 0. The van der Waals surface area contributed by atoms with E-state index in [4.69, 9.17) is 0 Å². The molecule has 0 aromatic carbocycles. The van der Waals surface area contributed by atoms with E-state index >= 15 is 0 Å². The maximum Gasteiger partial charge on any atom is 0.257 e. The van der Waals surface area contributed by atoms with Gasteiger partial charge < -0.3 is 9.80 Å². The lowest BCUT2D eigenvalue weighted by Crippen LogP contribution is -2.44. The van der Waals surface area contributed by atoms with Gasteiger partial charge in [0.15, 0.2) is 0 Å². The van der Waals surface area contributed by atoms with Gasteiger partial charge in [0.1, 0.15) is 5.82 Å². The topological polar surface area (TPSA) is 49.3 Å². The largest absolute Gasteiger partial charge is 0.339 e. The van der Waals surface area contributed by atoms with Gasteiger partial charge in [0.25, 0.3) is 5.91 Å². The molecule has 0 unspecified atom stereocenters. The van der Waals surface area contributed by atoms with Crippen LogP contribution in [0.3, 0.4) is 0 Å². The number of aromatic nitrogens is 2. The van der Waals surface area contributed by atoms with Crippen molar-refractivity contribution in [2.24, 2.45) is 5.41 Å². The molecule has 2 saturated heterocycles. The van der Waals surface area contributed by atoms with Crippen molar-refractivity contribution in [1.82, 2.24) is 19.8 Å². The number of carbonyl (C=O) groups excluding carboxylic acids is 1. The Kier molecular flexibility index (Phi) is 4.41. The molecule has 1 aromatic rings. The Morgan fingerprint density at radius 2 is 1.87 bits per heavy atom. The smallest absolute Gasteiger partial charge is 0.257 e. The standard InChI is InChI=1S/C18H28N4O/c1-13(2)16-19-11-15(14(3)20-16)17(23)22-9-6-18(7-10-22)5-8-21(4)12-18/h11,13H,5-10,12H2,1-4H3. The Morgan fingerprint density at radius 3 is 2.39 bits per heavy atom. The number of rotatable bonds is 2. The Hall–Kier alpha value is -1.49. The number of hydrogen-bond donors (Lipinski definition) is 0. The predicted octanol–water partition coefficient (Wildman–Crippen LogP) is 2.47. The molecular formula is C18H28N4O. The van der Waals surface area contributed by atoms with Crippen LogP contribution in [0.1, 0.15) is 60.9 Å². The molecule has 23 heavy (non-hydrogen) atoms. The minimum Gasteiger partial charge on any atom is -0.339 e. The first-order valence-corrected chi connectivity index (χ1v) is 8.72. The fourth-order valence-corrected chi connectivity index (χ4v) is 3.89. The van der Waals surface area contributed by atoms with Gasteiger partial charge in [0.05, 0.1) is 11.3 Å². The minimum absolute atomic E-state index is 0.0963. The number of nitrogens with zero attached hydrogens (tertiary/aromatic N) is 4. The maximum atomic E-state index is 12.8. The van der Waals surface area contributed by atoms with E-state index in [2.05, 4.69) is 35.8 Å². The summed E-state index contributed by atoms with van der Waals surface area (Å²) in [6.45, 7) is 10.1. The summed E-state index contributed by atoms with van der Waals surface area (Å²) in [6.07, 6.45) is 5.23. The molecule has 0 atom stereocenters. The third-order valence-corrected chi connectivity index (χ3v) is 5.49. The molecule has 126 valence electrons. The molecule has 0 N–H and O–H groups in total. The fourth-order valence-electron chi connectivity index (χ4n) is 3.89. The number of likely N-dealkylation sites (tertiary alicyclic amines) is 2. The van der Waals surface area contributed by atoms with Crippen LogP contribution in [0.25, 0.3) is 0 Å². The zero-order valence-corrected chi connectivity index (χ0v) is 14.8. The van der Waals surface area contributed by atoms with Crippen molar-refractivity contribution < 1.29 is 4.79 Å². The van der Waals surface area contributed by atoms with Gasteiger partial charge in [-0.15, -0.1) is 0 Å². The molecule has 2 fully saturated rings. The lowest BCUT2D eigenvalue weighted by atomic mass is 9.77. The molecule has 0 saturated carbocycles. The van der Waals surface area contributed by atoms with Crippen LogP contribution in [0.5, 0.6) is 0 Å². The third-order valence-electron chi connectivity index (χ3n) is 5.49. The summed E-state index contributed by atoms with van der Waals surface area (Å²) in [5.41, 5.74) is 1.90. The van der Waals surface area contributed by atoms with Crippen LogP contribution in [0.4, 0.5) is 0 Å². The average Bonchev–Trinajstić information content (AvgIpc) is 2.88. The van der Waals surface area contributed by atoms with Crippen LogP contribution in [-0.4, -0.2) is 58.9 Å². The van der Waals surface area contributed by atoms with Crippen LogP contribution in [0.2, 0.25) is 0 Å². The molecule has 3 heterocycles. The lowest BCUT2D eigenvalue weighted by Gasteiger charge is -2.39. The summed E-state index contributed by atoms with van der Waals surface area (Å²) in [7, 11) is 2.20. The third kappa shape index (κ3) is 3.25. The van der Waals surface area contributed by atoms with Crippen molar-refractivity contribution >= 4 is 5.91 Å². The molecule has 5 nitrogen and oxygen atoms in total. The monoisotopic (exact) mass is 316 g/mol. The molecule has 0 bridgehead atoms. The average molecular weight is 316 g/mol. The van der Waals surface area contributed by atoms with E-state index < -0.39 is 0 Å². The second-order valence-electron chi connectivity index (χ2n) is 7.66. The molecule has 5 heteroatoms. The normalized spacial score (nSPS) is 21.3. The van der Waals surface area contributed by atoms with Crippen LogP contribution in [-0.2, 0) is 0 Å². The molecule has 0 aliphatic carbocycles. The van der Waals surface area contributed by atoms with Crippen molar-refractivity contribution in [2.75, 3.05) is 33.2 Å². The lowest BCUT2D eigenvalue weighted by molar-refractivity contribution is 0.0592. The van der Waals surface area contributed by atoms with E-state index in [0.717, 1.165) is 37.4 Å². The van der Waals surface area contributed by atoms with Gasteiger partial charge in [-0.2, -0.15) is 0 Å². The van der Waals surface area contributed by atoms with E-state index in [9.17, 15) is 4.79 Å². The summed E-state index contributed by atoms with van der Waals surface area (Å²) in [5.74, 6) is 1.19. The number of amides is 1. The quantitative estimate of drug-likeness (QED) is 0.841. The molecule has 0 radical (unpaired) electrons. The molecule has 2 aliphatic heterocycles. The fraction of sp³-hybridized carbons (Fsp3) is 0.722. The van der Waals surface area contributed by atoms with Crippen molar-refractivity contribution in [1.29, 1.82) is 0 Å². The molecule has 2 aliphatic rings. The van der Waals surface area contributed by atoms with E-state index in [-0.39, 0.29) is 11.8 Å². The second kappa shape index (κ2) is 6.19. The summed E-state index contributed by atoms with van der Waals surface area (Å²) < 4.78 is 0. The molecule has 1 aromatic heterocycles. The Balaban J connectivity index is 1.68. The highest BCUT2D eigenvalue weighted by Gasteiger charge is 2.40. The van der Waals surface area contributed by atoms with E-state index in [1.54, 1.807) is 6.20 Å². The van der Waals surface area contributed by atoms with Gasteiger partial charge in [0.2, 0.25) is 0 Å². The highest BCUT2D eigenvalue weighted by Crippen LogP contribution is 2.40. The van der Waals surface area contributed by atoms with Gasteiger partial charge in [-0.25, -0.2) is 9.97 Å². The Morgan fingerprint density at radius 1 is 1.22 bits per heavy atom. The van der Waals surface area contributed by atoms with Gasteiger partial charge in [-0.05, 0) is 45.2 Å². The minimum atomic E-state index is 0.0963. The second-order valence-corrected chi connectivity index (χ2v) is 7.66. The summed E-state index contributed by atoms with van der Waals surface area (Å²) in [6, 6.07) is 0. The molecule has 1 amide bonds. The van der Waals surface area contributed by atoms with Crippen molar-refractivity contribution in [2.45, 2.75) is 46.0 Å². The number of hydrogen-bond acceptors (Lipinski definition) is 4. The first kappa shape index (κ1) is 16.4. The number of piperidine rings is 1. The van der Waals surface area contributed by atoms with Crippen LogP contribution in [0, 0.1) is 12.3 Å². The Bertz CT molecular complexity index is 591. The molecular weight excluding hydrogens is 288 g/mol. The predicted molar refractivity (Wildman–Crippen MR) is 90.5 cm³/mol. The van der Waals surface area contributed by atoms with Crippen LogP contribution >= 0.6 is 0 Å². The van der Waals surface area contributed by atoms with E-state index in [0.29, 0.717) is 11.0 Å². The number of carbonyl (C=O) groups is 1. The van der Waals surface area contributed by atoms with Gasteiger partial charge in [-0.1, -0.05) is 13.8 Å².